The SMILES string of the molecule is CCCCCn1c(=O)n(CCCCC(=O)NCc2nccn2C)c(=O)c2[nH]c(Cl)nc21. The number of unbranched alkanes of at least 4 members (excludes halogenated alkanes) is 3. The number of fused-ring (bicyclic) bond motifs is 1. The number of imidazole rings is 2. The molecule has 3 heterocycles. The van der Waals surface area contributed by atoms with Gasteiger partial charge >= 0.3 is 5.69 Å². The maximum atomic E-state index is 12.9. The van der Waals surface area contributed by atoms with E-state index in [0.29, 0.717) is 38.0 Å². The van der Waals surface area contributed by atoms with Gasteiger partial charge in [0.05, 0.1) is 6.54 Å². The minimum Gasteiger partial charge on any atom is -0.349 e. The molecule has 11 heteroatoms. The number of H-pyrrole nitrogens is 1. The predicted octanol–water partition coefficient (Wildman–Crippen LogP) is 1.95. The van der Waals surface area contributed by atoms with Gasteiger partial charge in [-0.25, -0.2) is 9.78 Å². The topological polar surface area (TPSA) is 120 Å². The lowest BCUT2D eigenvalue weighted by atomic mass is 10.2. The Morgan fingerprint density at radius 1 is 1.16 bits per heavy atom. The van der Waals surface area contributed by atoms with Crippen molar-refractivity contribution in [3.05, 3.63) is 44.3 Å². The van der Waals surface area contributed by atoms with Gasteiger partial charge in [0.25, 0.3) is 5.56 Å². The van der Waals surface area contributed by atoms with Crippen LogP contribution < -0.4 is 16.6 Å². The molecule has 0 aromatic carbocycles. The molecule has 0 aliphatic carbocycles. The van der Waals surface area contributed by atoms with Crippen molar-refractivity contribution in [3.8, 4) is 0 Å². The highest BCUT2D eigenvalue weighted by atomic mass is 35.5. The fourth-order valence-electron chi connectivity index (χ4n) is 3.45. The molecule has 0 bridgehead atoms. The fourth-order valence-corrected chi connectivity index (χ4v) is 3.62. The van der Waals surface area contributed by atoms with E-state index in [1.807, 2.05) is 17.8 Å². The van der Waals surface area contributed by atoms with E-state index in [4.69, 9.17) is 11.6 Å². The van der Waals surface area contributed by atoms with Crippen molar-refractivity contribution in [1.29, 1.82) is 0 Å². The number of carbonyl (C=O) groups excluding carboxylic acids is 1. The minimum atomic E-state index is -0.439. The van der Waals surface area contributed by atoms with Crippen LogP contribution in [0.4, 0.5) is 0 Å². The van der Waals surface area contributed by atoms with Gasteiger partial charge in [0.1, 0.15) is 5.82 Å². The number of carbonyl (C=O) groups is 1. The van der Waals surface area contributed by atoms with E-state index in [-0.39, 0.29) is 23.3 Å². The summed E-state index contributed by atoms with van der Waals surface area (Å²) < 4.78 is 4.55. The summed E-state index contributed by atoms with van der Waals surface area (Å²) >= 11 is 5.95. The zero-order valence-electron chi connectivity index (χ0n) is 17.9. The number of aromatic amines is 1. The summed E-state index contributed by atoms with van der Waals surface area (Å²) in [6, 6.07) is 0. The lowest BCUT2D eigenvalue weighted by Crippen LogP contribution is -2.40. The summed E-state index contributed by atoms with van der Waals surface area (Å²) in [5.41, 5.74) is -0.309. The molecule has 3 aromatic rings. The highest BCUT2D eigenvalue weighted by Crippen LogP contribution is 2.11. The summed E-state index contributed by atoms with van der Waals surface area (Å²) in [5.74, 6) is 0.679. The Kier molecular flexibility index (Phi) is 7.67. The van der Waals surface area contributed by atoms with Gasteiger partial charge in [0, 0.05) is 39.0 Å². The molecular weight excluding hydrogens is 422 g/mol. The summed E-state index contributed by atoms with van der Waals surface area (Å²) in [7, 11) is 1.87. The second-order valence-electron chi connectivity index (χ2n) is 7.51. The zero-order chi connectivity index (χ0) is 22.4. The van der Waals surface area contributed by atoms with Gasteiger partial charge in [0.2, 0.25) is 11.2 Å². The summed E-state index contributed by atoms with van der Waals surface area (Å²) in [5, 5.41) is 2.91. The quantitative estimate of drug-likeness (QED) is 0.342. The number of aromatic nitrogens is 6. The Balaban J connectivity index is 1.63. The number of rotatable bonds is 11. The van der Waals surface area contributed by atoms with E-state index < -0.39 is 11.2 Å². The minimum absolute atomic E-state index is 0.0814. The second-order valence-corrected chi connectivity index (χ2v) is 7.87. The summed E-state index contributed by atoms with van der Waals surface area (Å²) in [4.78, 5) is 48.8. The van der Waals surface area contributed by atoms with E-state index in [1.165, 1.54) is 9.13 Å². The molecule has 0 radical (unpaired) electrons. The van der Waals surface area contributed by atoms with Crippen LogP contribution in [0, 0.1) is 0 Å². The van der Waals surface area contributed by atoms with Crippen LogP contribution in [0.5, 0.6) is 0 Å². The third-order valence-corrected chi connectivity index (χ3v) is 5.40. The summed E-state index contributed by atoms with van der Waals surface area (Å²) in [6.45, 7) is 3.14. The molecule has 0 saturated heterocycles. The van der Waals surface area contributed by atoms with Gasteiger partial charge in [0.15, 0.2) is 11.2 Å². The van der Waals surface area contributed by atoms with Gasteiger partial charge in [-0.1, -0.05) is 19.8 Å². The third-order valence-electron chi connectivity index (χ3n) is 5.22. The lowest BCUT2D eigenvalue weighted by Gasteiger charge is -2.11. The number of aryl methyl sites for hydroxylation is 2. The van der Waals surface area contributed by atoms with E-state index in [0.717, 1.165) is 25.1 Å². The highest BCUT2D eigenvalue weighted by molar-refractivity contribution is 6.28. The van der Waals surface area contributed by atoms with Crippen LogP contribution in [-0.4, -0.2) is 34.6 Å². The average Bonchev–Trinajstić information content (AvgIpc) is 3.33. The normalized spacial score (nSPS) is 11.3. The largest absolute Gasteiger partial charge is 0.349 e. The van der Waals surface area contributed by atoms with Crippen molar-refractivity contribution in [2.24, 2.45) is 7.05 Å². The zero-order valence-corrected chi connectivity index (χ0v) is 18.6. The molecular formula is C20H28ClN7O3. The molecule has 0 saturated carbocycles. The Labute approximate surface area is 184 Å². The first-order valence-electron chi connectivity index (χ1n) is 10.5. The maximum absolute atomic E-state index is 12.9. The van der Waals surface area contributed by atoms with Crippen LogP contribution in [0.15, 0.2) is 22.0 Å². The van der Waals surface area contributed by atoms with Crippen molar-refractivity contribution in [2.45, 2.75) is 65.1 Å². The Morgan fingerprint density at radius 2 is 1.90 bits per heavy atom. The van der Waals surface area contributed by atoms with E-state index in [1.54, 1.807) is 6.20 Å². The van der Waals surface area contributed by atoms with Gasteiger partial charge in [-0.15, -0.1) is 0 Å². The Morgan fingerprint density at radius 3 is 2.61 bits per heavy atom. The molecule has 0 aliphatic rings. The summed E-state index contributed by atoms with van der Waals surface area (Å²) in [6.07, 6.45) is 7.67. The molecule has 31 heavy (non-hydrogen) atoms. The van der Waals surface area contributed by atoms with Crippen molar-refractivity contribution in [2.75, 3.05) is 0 Å². The van der Waals surface area contributed by atoms with Gasteiger partial charge in [-0.3, -0.25) is 18.7 Å². The molecule has 0 unspecified atom stereocenters. The van der Waals surface area contributed by atoms with Gasteiger partial charge in [-0.2, -0.15) is 4.98 Å². The van der Waals surface area contributed by atoms with Crippen molar-refractivity contribution >= 4 is 28.7 Å². The number of halogens is 1. The van der Waals surface area contributed by atoms with E-state index >= 15 is 0 Å². The first kappa shape index (κ1) is 22.8. The number of hydrogen-bond donors (Lipinski definition) is 2. The van der Waals surface area contributed by atoms with Crippen LogP contribution in [0.25, 0.3) is 11.2 Å². The Bertz CT molecular complexity index is 1160. The molecule has 2 N–H and O–H groups in total. The number of nitrogens with one attached hydrogen (secondary N) is 2. The van der Waals surface area contributed by atoms with E-state index in [9.17, 15) is 14.4 Å². The van der Waals surface area contributed by atoms with E-state index in [2.05, 4.69) is 27.2 Å². The molecule has 3 aromatic heterocycles. The first-order valence-corrected chi connectivity index (χ1v) is 10.9. The van der Waals surface area contributed by atoms with Crippen molar-refractivity contribution < 1.29 is 4.79 Å². The van der Waals surface area contributed by atoms with Crippen LogP contribution >= 0.6 is 11.6 Å². The first-order chi connectivity index (χ1) is 14.9. The van der Waals surface area contributed by atoms with Crippen LogP contribution in [0.3, 0.4) is 0 Å². The maximum Gasteiger partial charge on any atom is 0.332 e. The molecule has 0 spiro atoms. The monoisotopic (exact) mass is 449 g/mol. The molecule has 168 valence electrons. The molecule has 0 fully saturated rings. The molecule has 10 nitrogen and oxygen atoms in total. The predicted molar refractivity (Wildman–Crippen MR) is 118 cm³/mol. The number of nitrogens with zero attached hydrogens (tertiary/aromatic N) is 5. The highest BCUT2D eigenvalue weighted by Gasteiger charge is 2.16. The third kappa shape index (κ3) is 5.43. The second kappa shape index (κ2) is 10.4. The van der Waals surface area contributed by atoms with Crippen LogP contribution in [0.1, 0.15) is 51.3 Å². The fraction of sp³-hybridized carbons (Fsp3) is 0.550. The molecule has 0 atom stereocenters. The number of amides is 1. The van der Waals surface area contributed by atoms with Crippen molar-refractivity contribution in [1.82, 2.24) is 34.0 Å². The molecule has 0 aliphatic heterocycles. The van der Waals surface area contributed by atoms with Crippen molar-refractivity contribution in [3.63, 3.8) is 0 Å². The standard InChI is InChI=1S/C20H28ClN7O3/c1-3-4-6-10-27-17-16(24-19(21)25-17)18(30)28(20(27)31)11-7-5-8-15(29)23-13-14-22-9-12-26(14)2/h9,12H,3-8,10-11,13H2,1-2H3,(H,23,29)(H,24,25). The smallest absolute Gasteiger partial charge is 0.332 e. The van der Waals surface area contributed by atoms with Crippen LogP contribution in [-0.2, 0) is 31.5 Å². The molecule has 3 rings (SSSR count). The Hall–Kier alpha value is -2.88. The number of hydrogen-bond acceptors (Lipinski definition) is 5. The van der Waals surface area contributed by atoms with Gasteiger partial charge in [-0.05, 0) is 30.9 Å². The molecule has 1 amide bonds. The average molecular weight is 450 g/mol. The lowest BCUT2D eigenvalue weighted by molar-refractivity contribution is -0.121. The van der Waals surface area contributed by atoms with Gasteiger partial charge < -0.3 is 14.9 Å². The van der Waals surface area contributed by atoms with Crippen LogP contribution in [0.2, 0.25) is 5.28 Å².